The zero-order chi connectivity index (χ0) is 10.7. The second-order valence-corrected chi connectivity index (χ2v) is 3.65. The van der Waals surface area contributed by atoms with Crippen molar-refractivity contribution >= 4 is 11.6 Å². The zero-order valence-electron chi connectivity index (χ0n) is 8.65. The van der Waals surface area contributed by atoms with E-state index in [1.165, 1.54) is 0 Å². The number of aryl methyl sites for hydroxylation is 1. The van der Waals surface area contributed by atoms with Gasteiger partial charge in [0.05, 0.1) is 12.7 Å². The van der Waals surface area contributed by atoms with Crippen LogP contribution in [0.3, 0.4) is 0 Å². The summed E-state index contributed by atoms with van der Waals surface area (Å²) in [5.41, 5.74) is 0.363. The maximum atomic E-state index is 11.5. The van der Waals surface area contributed by atoms with E-state index in [-0.39, 0.29) is 23.9 Å². The highest BCUT2D eigenvalue weighted by atomic mass is 16.1. The van der Waals surface area contributed by atoms with Crippen molar-refractivity contribution in [2.24, 2.45) is 13.0 Å². The Kier molecular flexibility index (Phi) is 3.17. The van der Waals surface area contributed by atoms with E-state index in [2.05, 4.69) is 4.98 Å². The Labute approximate surface area is 82.9 Å². The van der Waals surface area contributed by atoms with Gasteiger partial charge in [0.2, 0.25) is 0 Å². The monoisotopic (exact) mass is 194 g/mol. The molecule has 0 saturated carbocycles. The average molecular weight is 194 g/mol. The average Bonchev–Trinajstić information content (AvgIpc) is 2.51. The molecule has 1 aromatic rings. The molecule has 0 radical (unpaired) electrons. The van der Waals surface area contributed by atoms with Crippen molar-refractivity contribution in [3.8, 4) is 0 Å². The van der Waals surface area contributed by atoms with Crippen LogP contribution in [-0.2, 0) is 11.8 Å². The molecule has 0 fully saturated rings. The lowest BCUT2D eigenvalue weighted by molar-refractivity contribution is -0.121. The number of ketones is 2. The Hall–Kier alpha value is -1.45. The van der Waals surface area contributed by atoms with Gasteiger partial charge in [0, 0.05) is 19.2 Å². The molecule has 0 N–H and O–H groups in total. The van der Waals surface area contributed by atoms with Crippen LogP contribution in [0.15, 0.2) is 12.5 Å². The first kappa shape index (κ1) is 10.6. The minimum absolute atomic E-state index is 0.0411. The molecular formula is C10H14N2O2. The van der Waals surface area contributed by atoms with E-state index >= 15 is 0 Å². The Morgan fingerprint density at radius 2 is 2.14 bits per heavy atom. The van der Waals surface area contributed by atoms with E-state index in [9.17, 15) is 9.59 Å². The molecule has 1 aromatic heterocycles. The van der Waals surface area contributed by atoms with Gasteiger partial charge in [0.1, 0.15) is 11.5 Å². The predicted molar refractivity (Wildman–Crippen MR) is 52.0 cm³/mol. The van der Waals surface area contributed by atoms with Crippen molar-refractivity contribution in [1.82, 2.24) is 9.55 Å². The smallest absolute Gasteiger partial charge is 0.190 e. The first-order chi connectivity index (χ1) is 6.50. The topological polar surface area (TPSA) is 52.0 Å². The van der Waals surface area contributed by atoms with Crippen molar-refractivity contribution in [3.63, 3.8) is 0 Å². The Morgan fingerprint density at radius 3 is 2.57 bits per heavy atom. The number of carbonyl (C=O) groups is 2. The van der Waals surface area contributed by atoms with Crippen LogP contribution in [0.1, 0.15) is 30.8 Å². The summed E-state index contributed by atoms with van der Waals surface area (Å²) >= 11 is 0. The van der Waals surface area contributed by atoms with Gasteiger partial charge < -0.3 is 4.57 Å². The molecular weight excluding hydrogens is 180 g/mol. The minimum Gasteiger partial charge on any atom is -0.340 e. The van der Waals surface area contributed by atoms with Gasteiger partial charge in [-0.3, -0.25) is 9.59 Å². The molecule has 76 valence electrons. The van der Waals surface area contributed by atoms with Crippen LogP contribution in [0.25, 0.3) is 0 Å². The van der Waals surface area contributed by atoms with Gasteiger partial charge in [-0.15, -0.1) is 0 Å². The molecule has 0 aliphatic heterocycles. The van der Waals surface area contributed by atoms with Crippen LogP contribution in [0.4, 0.5) is 0 Å². The van der Waals surface area contributed by atoms with Crippen molar-refractivity contribution < 1.29 is 9.59 Å². The van der Waals surface area contributed by atoms with Crippen LogP contribution >= 0.6 is 0 Å². The standard InChI is InChI=1S/C10H14N2O2/c1-7(2)9(13)4-10(14)8-5-12(3)6-11-8/h5-7H,4H2,1-3H3. The Bertz CT molecular complexity index is 353. The van der Waals surface area contributed by atoms with Crippen LogP contribution < -0.4 is 0 Å². The fourth-order valence-electron chi connectivity index (χ4n) is 1.01. The number of Topliss-reactive ketones (excluding diaryl/α,β-unsaturated/α-hetero) is 2. The van der Waals surface area contributed by atoms with E-state index in [1.807, 2.05) is 0 Å². The molecule has 0 aliphatic carbocycles. The van der Waals surface area contributed by atoms with Crippen molar-refractivity contribution in [3.05, 3.63) is 18.2 Å². The largest absolute Gasteiger partial charge is 0.340 e. The summed E-state index contributed by atoms with van der Waals surface area (Å²) in [5, 5.41) is 0. The summed E-state index contributed by atoms with van der Waals surface area (Å²) in [5.74, 6) is -0.340. The molecule has 4 heteroatoms. The molecule has 0 aromatic carbocycles. The normalized spacial score (nSPS) is 10.6. The van der Waals surface area contributed by atoms with Crippen molar-refractivity contribution in [2.75, 3.05) is 0 Å². The lowest BCUT2D eigenvalue weighted by Crippen LogP contribution is -2.13. The van der Waals surface area contributed by atoms with Gasteiger partial charge in [-0.05, 0) is 0 Å². The van der Waals surface area contributed by atoms with Gasteiger partial charge in [-0.2, -0.15) is 0 Å². The number of carbonyl (C=O) groups excluding carboxylic acids is 2. The molecule has 14 heavy (non-hydrogen) atoms. The van der Waals surface area contributed by atoms with Gasteiger partial charge in [-0.1, -0.05) is 13.8 Å². The highest BCUT2D eigenvalue weighted by molar-refractivity contribution is 6.07. The number of hydrogen-bond acceptors (Lipinski definition) is 3. The van der Waals surface area contributed by atoms with Crippen molar-refractivity contribution in [2.45, 2.75) is 20.3 Å². The number of hydrogen-bond donors (Lipinski definition) is 0. The summed E-state index contributed by atoms with van der Waals surface area (Å²) in [7, 11) is 1.79. The highest BCUT2D eigenvalue weighted by Gasteiger charge is 2.15. The minimum atomic E-state index is -0.204. The molecule has 0 unspecified atom stereocenters. The number of imidazole rings is 1. The maximum absolute atomic E-state index is 11.5. The molecule has 1 heterocycles. The third kappa shape index (κ3) is 2.52. The van der Waals surface area contributed by atoms with Gasteiger partial charge in [0.15, 0.2) is 5.78 Å². The highest BCUT2D eigenvalue weighted by Crippen LogP contribution is 2.05. The second-order valence-electron chi connectivity index (χ2n) is 3.65. The molecule has 0 aliphatic rings. The van der Waals surface area contributed by atoms with Crippen LogP contribution in [0, 0.1) is 5.92 Å². The molecule has 1 rings (SSSR count). The molecule has 0 amide bonds. The van der Waals surface area contributed by atoms with Crippen LogP contribution in [0.5, 0.6) is 0 Å². The first-order valence-corrected chi connectivity index (χ1v) is 4.54. The number of aromatic nitrogens is 2. The number of nitrogens with zero attached hydrogens (tertiary/aromatic N) is 2. The third-order valence-electron chi connectivity index (χ3n) is 1.97. The fourth-order valence-corrected chi connectivity index (χ4v) is 1.01. The summed E-state index contributed by atoms with van der Waals surface area (Å²) in [6, 6.07) is 0. The lowest BCUT2D eigenvalue weighted by atomic mass is 10.0. The van der Waals surface area contributed by atoms with Crippen LogP contribution in [0.2, 0.25) is 0 Å². The summed E-state index contributed by atoms with van der Waals surface area (Å²) in [6.45, 7) is 3.57. The summed E-state index contributed by atoms with van der Waals surface area (Å²) in [6.07, 6.45) is 3.12. The predicted octanol–water partition coefficient (Wildman–Crippen LogP) is 1.22. The molecule has 4 nitrogen and oxygen atoms in total. The second kappa shape index (κ2) is 4.17. The molecule has 0 atom stereocenters. The summed E-state index contributed by atoms with van der Waals surface area (Å²) < 4.78 is 1.69. The Morgan fingerprint density at radius 1 is 1.50 bits per heavy atom. The SMILES string of the molecule is CC(C)C(=O)CC(=O)c1cn(C)cn1. The Balaban J connectivity index is 2.64. The van der Waals surface area contributed by atoms with Gasteiger partial charge in [-0.25, -0.2) is 4.98 Å². The first-order valence-electron chi connectivity index (χ1n) is 4.54. The van der Waals surface area contributed by atoms with Crippen LogP contribution in [-0.4, -0.2) is 21.1 Å². The van der Waals surface area contributed by atoms with E-state index < -0.39 is 0 Å². The van der Waals surface area contributed by atoms with Crippen molar-refractivity contribution in [1.29, 1.82) is 0 Å². The van der Waals surface area contributed by atoms with Gasteiger partial charge >= 0.3 is 0 Å². The molecule has 0 bridgehead atoms. The van der Waals surface area contributed by atoms with Gasteiger partial charge in [0.25, 0.3) is 0 Å². The maximum Gasteiger partial charge on any atom is 0.190 e. The van der Waals surface area contributed by atoms with E-state index in [4.69, 9.17) is 0 Å². The van der Waals surface area contributed by atoms with E-state index in [0.29, 0.717) is 5.69 Å². The molecule has 0 saturated heterocycles. The lowest BCUT2D eigenvalue weighted by Gasteiger charge is -2.00. The number of rotatable bonds is 4. The molecule has 0 spiro atoms. The fraction of sp³-hybridized carbons (Fsp3) is 0.500. The van der Waals surface area contributed by atoms with E-state index in [1.54, 1.807) is 38.0 Å². The zero-order valence-corrected chi connectivity index (χ0v) is 8.65. The quantitative estimate of drug-likeness (QED) is 0.535. The van der Waals surface area contributed by atoms with E-state index in [0.717, 1.165) is 0 Å². The summed E-state index contributed by atoms with van der Waals surface area (Å²) in [4.78, 5) is 26.6. The third-order valence-corrected chi connectivity index (χ3v) is 1.97.